The third kappa shape index (κ3) is 3.41. The van der Waals surface area contributed by atoms with Crippen LogP contribution in [-0.2, 0) is 0 Å². The molecule has 0 heterocycles. The SMILES string of the molecule is C=C(C(C)=CCC)C(C)(C)C. The molecule has 0 unspecified atom stereocenters. The van der Waals surface area contributed by atoms with Crippen LogP contribution in [0.2, 0.25) is 0 Å². The van der Waals surface area contributed by atoms with Crippen LogP contribution in [0.15, 0.2) is 23.8 Å². The van der Waals surface area contributed by atoms with Gasteiger partial charge in [-0.1, -0.05) is 45.9 Å². The topological polar surface area (TPSA) is 0 Å². The third-order valence-electron chi connectivity index (χ3n) is 1.89. The lowest BCUT2D eigenvalue weighted by Crippen LogP contribution is -2.08. The van der Waals surface area contributed by atoms with Crippen molar-refractivity contribution < 1.29 is 0 Å². The van der Waals surface area contributed by atoms with Gasteiger partial charge < -0.3 is 0 Å². The molecule has 0 heteroatoms. The van der Waals surface area contributed by atoms with Gasteiger partial charge in [0.2, 0.25) is 0 Å². The number of rotatable bonds is 2. The Hall–Kier alpha value is -0.520. The largest absolute Gasteiger partial charge is 0.0950 e. The van der Waals surface area contributed by atoms with Crippen molar-refractivity contribution in [3.8, 4) is 0 Å². The average molecular weight is 152 g/mol. The van der Waals surface area contributed by atoms with Crippen molar-refractivity contribution in [3.63, 3.8) is 0 Å². The molecule has 0 saturated heterocycles. The first-order valence-electron chi connectivity index (χ1n) is 4.26. The fourth-order valence-electron chi connectivity index (χ4n) is 1.02. The first kappa shape index (κ1) is 10.5. The van der Waals surface area contributed by atoms with Gasteiger partial charge in [0.15, 0.2) is 0 Å². The minimum atomic E-state index is 0.218. The zero-order valence-electron chi connectivity index (χ0n) is 8.49. The van der Waals surface area contributed by atoms with E-state index in [4.69, 9.17) is 0 Å². The van der Waals surface area contributed by atoms with E-state index in [-0.39, 0.29) is 5.41 Å². The van der Waals surface area contributed by atoms with E-state index in [1.807, 2.05) is 0 Å². The number of hydrogen-bond donors (Lipinski definition) is 0. The van der Waals surface area contributed by atoms with Gasteiger partial charge in [-0.2, -0.15) is 0 Å². The van der Waals surface area contributed by atoms with E-state index in [2.05, 4.69) is 47.3 Å². The molecule has 11 heavy (non-hydrogen) atoms. The maximum absolute atomic E-state index is 4.08. The average Bonchev–Trinajstić information content (AvgIpc) is 1.85. The summed E-state index contributed by atoms with van der Waals surface area (Å²) in [6.07, 6.45) is 3.33. The second-order valence-corrected chi connectivity index (χ2v) is 4.02. The van der Waals surface area contributed by atoms with Crippen molar-refractivity contribution in [2.45, 2.75) is 41.0 Å². The molecule has 0 nitrogen and oxygen atoms in total. The molecule has 0 bridgehead atoms. The van der Waals surface area contributed by atoms with Gasteiger partial charge in [-0.3, -0.25) is 0 Å². The fourth-order valence-corrected chi connectivity index (χ4v) is 1.02. The van der Waals surface area contributed by atoms with Crippen molar-refractivity contribution in [1.82, 2.24) is 0 Å². The molecule has 0 aromatic carbocycles. The molecular weight excluding hydrogens is 132 g/mol. The predicted octanol–water partition coefficient (Wildman–Crippen LogP) is 3.95. The summed E-state index contributed by atoms with van der Waals surface area (Å²) in [5, 5.41) is 0. The Balaban J connectivity index is 4.39. The fraction of sp³-hybridized carbons (Fsp3) is 0.636. The van der Waals surface area contributed by atoms with Gasteiger partial charge in [-0.15, -0.1) is 0 Å². The quantitative estimate of drug-likeness (QED) is 0.526. The lowest BCUT2D eigenvalue weighted by Gasteiger charge is -2.22. The van der Waals surface area contributed by atoms with Crippen LogP contribution in [0.3, 0.4) is 0 Å². The van der Waals surface area contributed by atoms with E-state index >= 15 is 0 Å². The summed E-state index contributed by atoms with van der Waals surface area (Å²) >= 11 is 0. The van der Waals surface area contributed by atoms with Gasteiger partial charge in [0.05, 0.1) is 0 Å². The van der Waals surface area contributed by atoms with Gasteiger partial charge in [0, 0.05) is 0 Å². The Morgan fingerprint density at radius 2 is 1.82 bits per heavy atom. The van der Waals surface area contributed by atoms with Crippen LogP contribution < -0.4 is 0 Å². The highest BCUT2D eigenvalue weighted by Gasteiger charge is 2.15. The maximum Gasteiger partial charge on any atom is -0.0135 e. The molecule has 0 atom stereocenters. The molecule has 0 rings (SSSR count). The van der Waals surface area contributed by atoms with Crippen LogP contribution >= 0.6 is 0 Å². The van der Waals surface area contributed by atoms with Gasteiger partial charge in [-0.05, 0) is 24.3 Å². The second-order valence-electron chi connectivity index (χ2n) is 4.02. The number of hydrogen-bond acceptors (Lipinski definition) is 0. The molecule has 0 N–H and O–H groups in total. The maximum atomic E-state index is 4.08. The Bertz CT molecular complexity index is 165. The van der Waals surface area contributed by atoms with E-state index in [0.29, 0.717) is 0 Å². The van der Waals surface area contributed by atoms with Gasteiger partial charge >= 0.3 is 0 Å². The summed E-state index contributed by atoms with van der Waals surface area (Å²) in [6.45, 7) is 15.0. The Labute approximate surface area is 71.0 Å². The molecule has 0 aliphatic rings. The summed E-state index contributed by atoms with van der Waals surface area (Å²) in [5.41, 5.74) is 2.80. The Morgan fingerprint density at radius 1 is 1.36 bits per heavy atom. The lowest BCUT2D eigenvalue weighted by atomic mass is 9.83. The van der Waals surface area contributed by atoms with Crippen molar-refractivity contribution in [1.29, 1.82) is 0 Å². The normalized spacial score (nSPS) is 13.4. The molecule has 0 aliphatic heterocycles. The van der Waals surface area contributed by atoms with Gasteiger partial charge in [-0.25, -0.2) is 0 Å². The van der Waals surface area contributed by atoms with E-state index in [0.717, 1.165) is 6.42 Å². The Kier molecular flexibility index (Phi) is 3.57. The molecular formula is C11H20. The minimum Gasteiger partial charge on any atom is -0.0950 e. The molecule has 0 amide bonds. The first-order chi connectivity index (χ1) is 4.89. The minimum absolute atomic E-state index is 0.218. The van der Waals surface area contributed by atoms with Crippen molar-refractivity contribution >= 4 is 0 Å². The van der Waals surface area contributed by atoms with Crippen LogP contribution in [0.1, 0.15) is 41.0 Å². The lowest BCUT2D eigenvalue weighted by molar-refractivity contribution is 0.512. The highest BCUT2D eigenvalue weighted by molar-refractivity contribution is 5.30. The summed E-state index contributed by atoms with van der Waals surface area (Å²) < 4.78 is 0. The molecule has 0 saturated carbocycles. The van der Waals surface area contributed by atoms with Crippen molar-refractivity contribution in [2.75, 3.05) is 0 Å². The van der Waals surface area contributed by atoms with E-state index in [1.165, 1.54) is 11.1 Å². The summed E-state index contributed by atoms with van der Waals surface area (Å²) in [4.78, 5) is 0. The molecule has 0 radical (unpaired) electrons. The molecule has 0 spiro atoms. The van der Waals surface area contributed by atoms with E-state index in [1.54, 1.807) is 0 Å². The van der Waals surface area contributed by atoms with Crippen LogP contribution in [0.4, 0.5) is 0 Å². The highest BCUT2D eigenvalue weighted by Crippen LogP contribution is 2.29. The molecule has 64 valence electrons. The summed E-state index contributed by atoms with van der Waals surface area (Å²) in [7, 11) is 0. The van der Waals surface area contributed by atoms with Gasteiger partial charge in [0.1, 0.15) is 0 Å². The van der Waals surface area contributed by atoms with Crippen LogP contribution in [0.5, 0.6) is 0 Å². The smallest absolute Gasteiger partial charge is 0.0135 e. The van der Waals surface area contributed by atoms with Crippen LogP contribution in [0.25, 0.3) is 0 Å². The Morgan fingerprint density at radius 3 is 2.09 bits per heavy atom. The van der Waals surface area contributed by atoms with Crippen molar-refractivity contribution in [3.05, 3.63) is 23.8 Å². The number of allylic oxidation sites excluding steroid dienone is 3. The summed E-state index contributed by atoms with van der Waals surface area (Å²) in [6, 6.07) is 0. The van der Waals surface area contributed by atoms with Crippen LogP contribution in [-0.4, -0.2) is 0 Å². The first-order valence-corrected chi connectivity index (χ1v) is 4.26. The van der Waals surface area contributed by atoms with Crippen molar-refractivity contribution in [2.24, 2.45) is 5.41 Å². The van der Waals surface area contributed by atoms with Gasteiger partial charge in [0.25, 0.3) is 0 Å². The van der Waals surface area contributed by atoms with E-state index < -0.39 is 0 Å². The molecule has 0 aliphatic carbocycles. The zero-order valence-corrected chi connectivity index (χ0v) is 8.49. The predicted molar refractivity (Wildman–Crippen MR) is 52.6 cm³/mol. The zero-order chi connectivity index (χ0) is 9.07. The summed E-state index contributed by atoms with van der Waals surface area (Å²) in [5.74, 6) is 0. The third-order valence-corrected chi connectivity index (χ3v) is 1.89. The van der Waals surface area contributed by atoms with Crippen LogP contribution in [0, 0.1) is 5.41 Å². The molecule has 0 aromatic rings. The second kappa shape index (κ2) is 3.75. The molecule has 0 fully saturated rings. The highest BCUT2D eigenvalue weighted by atomic mass is 14.2. The standard InChI is InChI=1S/C11H20/c1-7-8-9(2)10(3)11(4,5)6/h8H,3,7H2,1-2,4-6H3. The van der Waals surface area contributed by atoms with E-state index in [9.17, 15) is 0 Å². The molecule has 0 aromatic heterocycles. The monoisotopic (exact) mass is 152 g/mol.